The molecule has 2 heterocycles. The monoisotopic (exact) mass is 636 g/mol. The second kappa shape index (κ2) is 16.2. The maximum atomic E-state index is 10.9. The van der Waals surface area contributed by atoms with Crippen LogP contribution < -0.4 is 31.9 Å². The molecule has 0 saturated heterocycles. The molecule has 4 aromatic rings. The number of nitrogens with zero attached hydrogens (tertiary/aromatic N) is 2. The summed E-state index contributed by atoms with van der Waals surface area (Å²) in [4.78, 5) is 0. The molecule has 4 aromatic carbocycles. The molecule has 0 atom stereocenters. The van der Waals surface area contributed by atoms with Gasteiger partial charge < -0.3 is 10.2 Å². The van der Waals surface area contributed by atoms with Gasteiger partial charge in [0.2, 0.25) is 0 Å². The molecular formula is C39H52N6O2. The zero-order valence-corrected chi connectivity index (χ0v) is 28.5. The second-order valence-electron chi connectivity index (χ2n) is 12.9. The minimum absolute atomic E-state index is 0.286. The van der Waals surface area contributed by atoms with E-state index < -0.39 is 0 Å². The molecule has 47 heavy (non-hydrogen) atoms. The molecule has 0 fully saturated rings. The molecule has 0 spiro atoms. The molecule has 0 radical (unpaired) electrons. The van der Waals surface area contributed by atoms with E-state index in [2.05, 4.69) is 41.6 Å². The summed E-state index contributed by atoms with van der Waals surface area (Å²) < 4.78 is 0. The zero-order valence-electron chi connectivity index (χ0n) is 28.5. The van der Waals surface area contributed by atoms with Crippen molar-refractivity contribution in [3.63, 3.8) is 0 Å². The zero-order chi connectivity index (χ0) is 33.2. The SMILES string of the molecule is CCCCCCCCCCCCc1cc(C)cc(N2Nc3ccccc3N2)c1O.Cc1cc(C)c(O)c(N2Nc3ccccc3N2)c1. The van der Waals surface area contributed by atoms with Crippen molar-refractivity contribution in [3.8, 4) is 11.5 Å². The Balaban J connectivity index is 0.000000205. The highest BCUT2D eigenvalue weighted by Crippen LogP contribution is 2.39. The molecule has 0 aromatic heterocycles. The van der Waals surface area contributed by atoms with Crippen molar-refractivity contribution in [2.24, 2.45) is 0 Å². The van der Waals surface area contributed by atoms with Crippen molar-refractivity contribution in [3.05, 3.63) is 95.1 Å². The number of anilines is 6. The first-order chi connectivity index (χ1) is 22.8. The number of aromatic hydroxyl groups is 2. The third-order valence-corrected chi connectivity index (χ3v) is 8.80. The standard InChI is InChI=1S/C25H37N3O.C14H15N3O/c1-3-4-5-6-7-8-9-10-11-12-15-21-18-20(2)19-24(25(21)29)28-26-22-16-13-14-17-23(22)27-28;1-9-7-10(2)14(18)13(8-9)17-15-11-5-3-4-6-12(11)16-17/h13-14,16-19,26-27,29H,3-12,15H2,1-2H3;3-8,15-16,18H,1-2H3. The molecule has 6 N–H and O–H groups in total. The third-order valence-electron chi connectivity index (χ3n) is 8.80. The lowest BCUT2D eigenvalue weighted by Gasteiger charge is -2.22. The van der Waals surface area contributed by atoms with Crippen molar-refractivity contribution in [1.82, 2.24) is 0 Å². The van der Waals surface area contributed by atoms with Crippen LogP contribution in [0.3, 0.4) is 0 Å². The summed E-state index contributed by atoms with van der Waals surface area (Å²) in [5, 5.41) is 24.6. The van der Waals surface area contributed by atoms with E-state index in [1.807, 2.05) is 85.7 Å². The van der Waals surface area contributed by atoms with E-state index in [0.717, 1.165) is 63.7 Å². The predicted molar refractivity (Wildman–Crippen MR) is 198 cm³/mol. The van der Waals surface area contributed by atoms with Gasteiger partial charge in [-0.1, -0.05) is 101 Å². The van der Waals surface area contributed by atoms with E-state index >= 15 is 0 Å². The van der Waals surface area contributed by atoms with Crippen molar-refractivity contribution in [2.45, 2.75) is 98.3 Å². The largest absolute Gasteiger partial charge is 0.505 e. The molecule has 8 heteroatoms. The van der Waals surface area contributed by atoms with Gasteiger partial charge in [-0.05, 0) is 92.3 Å². The smallest absolute Gasteiger partial charge is 0.146 e. The Morgan fingerprint density at radius 3 is 1.38 bits per heavy atom. The van der Waals surface area contributed by atoms with Gasteiger partial charge in [0, 0.05) is 0 Å². The fourth-order valence-corrected chi connectivity index (χ4v) is 6.24. The summed E-state index contributed by atoms with van der Waals surface area (Å²) in [7, 11) is 0. The number of rotatable bonds is 13. The van der Waals surface area contributed by atoms with Gasteiger partial charge in [0.25, 0.3) is 0 Å². The number of unbranched alkanes of at least 4 members (excludes halogenated alkanes) is 9. The van der Waals surface area contributed by atoms with E-state index in [1.165, 1.54) is 63.4 Å². The fraction of sp³-hybridized carbons (Fsp3) is 0.385. The van der Waals surface area contributed by atoms with Gasteiger partial charge >= 0.3 is 0 Å². The summed E-state index contributed by atoms with van der Waals surface area (Å²) in [5.74, 6) is 0.660. The maximum Gasteiger partial charge on any atom is 0.146 e. The number of hydrogen-bond acceptors (Lipinski definition) is 8. The average Bonchev–Trinajstić information content (AvgIpc) is 3.70. The molecule has 6 rings (SSSR count). The van der Waals surface area contributed by atoms with Gasteiger partial charge in [0.1, 0.15) is 22.9 Å². The van der Waals surface area contributed by atoms with Crippen LogP contribution in [0.1, 0.15) is 93.4 Å². The lowest BCUT2D eigenvalue weighted by atomic mass is 10.0. The maximum absolute atomic E-state index is 10.9. The van der Waals surface area contributed by atoms with Gasteiger partial charge in [0.15, 0.2) is 0 Å². The summed E-state index contributed by atoms with van der Waals surface area (Å²) in [5.41, 5.74) is 22.8. The molecule has 0 amide bonds. The number of nitrogens with one attached hydrogen (secondary N) is 4. The second-order valence-corrected chi connectivity index (χ2v) is 12.9. The molecule has 0 aliphatic carbocycles. The van der Waals surface area contributed by atoms with Gasteiger partial charge in [-0.15, -0.1) is 0 Å². The predicted octanol–water partition coefficient (Wildman–Crippen LogP) is 10.5. The van der Waals surface area contributed by atoms with Crippen molar-refractivity contribution in [1.29, 1.82) is 0 Å². The fourth-order valence-electron chi connectivity index (χ4n) is 6.24. The Morgan fingerprint density at radius 2 is 0.915 bits per heavy atom. The molecule has 0 bridgehead atoms. The first kappa shape index (κ1) is 33.6. The van der Waals surface area contributed by atoms with Crippen LogP contribution >= 0.6 is 0 Å². The molecule has 0 unspecified atom stereocenters. The molecule has 2 aliphatic rings. The van der Waals surface area contributed by atoms with Gasteiger partial charge in [-0.25, -0.2) is 0 Å². The van der Waals surface area contributed by atoms with Crippen LogP contribution in [-0.4, -0.2) is 10.2 Å². The highest BCUT2D eigenvalue weighted by molar-refractivity contribution is 5.82. The third kappa shape index (κ3) is 8.76. The van der Waals surface area contributed by atoms with Crippen LogP contribution in [0.15, 0.2) is 72.8 Å². The quantitative estimate of drug-likeness (QED) is 0.0807. The number of para-hydroxylation sites is 4. The highest BCUT2D eigenvalue weighted by Gasteiger charge is 2.22. The van der Waals surface area contributed by atoms with Crippen LogP contribution in [0.2, 0.25) is 0 Å². The van der Waals surface area contributed by atoms with Crippen molar-refractivity contribution < 1.29 is 10.2 Å². The Labute approximate surface area is 280 Å². The van der Waals surface area contributed by atoms with Crippen LogP contribution in [0.4, 0.5) is 34.1 Å². The minimum atomic E-state index is 0.286. The van der Waals surface area contributed by atoms with Gasteiger partial charge in [0.05, 0.1) is 22.7 Å². The number of hydrogen-bond donors (Lipinski definition) is 6. The summed E-state index contributed by atoms with van der Waals surface area (Å²) >= 11 is 0. The first-order valence-corrected chi connectivity index (χ1v) is 17.3. The van der Waals surface area contributed by atoms with Gasteiger partial charge in [-0.3, -0.25) is 21.7 Å². The number of aryl methyl sites for hydroxylation is 4. The van der Waals surface area contributed by atoms with Crippen molar-refractivity contribution >= 4 is 34.1 Å². The minimum Gasteiger partial charge on any atom is -0.505 e. The summed E-state index contributed by atoms with van der Waals surface area (Å²) in [6.45, 7) is 8.27. The summed E-state index contributed by atoms with van der Waals surface area (Å²) in [6, 6.07) is 24.0. The van der Waals surface area contributed by atoms with E-state index in [1.54, 1.807) is 5.12 Å². The highest BCUT2D eigenvalue weighted by atomic mass is 16.3. The average molecular weight is 637 g/mol. The van der Waals surface area contributed by atoms with Gasteiger partial charge in [-0.2, -0.15) is 10.2 Å². The lowest BCUT2D eigenvalue weighted by molar-refractivity contribution is 0.466. The molecule has 2 aliphatic heterocycles. The number of fused-ring (bicyclic) bond motifs is 2. The first-order valence-electron chi connectivity index (χ1n) is 17.3. The Bertz CT molecular complexity index is 1570. The van der Waals surface area contributed by atoms with E-state index in [9.17, 15) is 10.2 Å². The molecule has 250 valence electrons. The Hall–Kier alpha value is -4.72. The van der Waals surface area contributed by atoms with Crippen molar-refractivity contribution in [2.75, 3.05) is 31.9 Å². The normalized spacial score (nSPS) is 12.7. The van der Waals surface area contributed by atoms with Crippen LogP contribution in [0.5, 0.6) is 11.5 Å². The van der Waals surface area contributed by atoms with Crippen LogP contribution in [0, 0.1) is 20.8 Å². The molecule has 8 nitrogen and oxygen atoms in total. The number of hydrazine groups is 4. The van der Waals surface area contributed by atoms with E-state index in [0.29, 0.717) is 5.75 Å². The van der Waals surface area contributed by atoms with E-state index in [-0.39, 0.29) is 5.75 Å². The van der Waals surface area contributed by atoms with Crippen LogP contribution in [-0.2, 0) is 6.42 Å². The number of phenols is 2. The number of benzene rings is 4. The van der Waals surface area contributed by atoms with Crippen LogP contribution in [0.25, 0.3) is 0 Å². The Morgan fingerprint density at radius 1 is 0.511 bits per heavy atom. The number of phenolic OH excluding ortho intramolecular Hbond substituents is 2. The topological polar surface area (TPSA) is 95.1 Å². The summed E-state index contributed by atoms with van der Waals surface area (Å²) in [6.07, 6.45) is 14.2. The molecule has 0 saturated carbocycles. The molecular weight excluding hydrogens is 584 g/mol. The lowest BCUT2D eigenvalue weighted by Crippen LogP contribution is -2.29. The van der Waals surface area contributed by atoms with E-state index in [4.69, 9.17) is 0 Å². The Kier molecular flexibility index (Phi) is 11.6.